The van der Waals surface area contributed by atoms with Gasteiger partial charge in [0.15, 0.2) is 5.82 Å². The molecule has 0 aliphatic carbocycles. The topological polar surface area (TPSA) is 109 Å². The lowest BCUT2D eigenvalue weighted by molar-refractivity contribution is 0.0306. The fraction of sp³-hybridized carbons (Fsp3) is 0.318. The fourth-order valence-corrected chi connectivity index (χ4v) is 4.06. The minimum atomic E-state index is -0.629. The van der Waals surface area contributed by atoms with Gasteiger partial charge in [-0.15, -0.1) is 12.4 Å². The number of halogens is 3. The van der Waals surface area contributed by atoms with Crippen molar-refractivity contribution in [2.45, 2.75) is 12.5 Å². The van der Waals surface area contributed by atoms with Crippen LogP contribution in [-0.4, -0.2) is 42.3 Å². The zero-order valence-corrected chi connectivity index (χ0v) is 19.8. The molecule has 3 aromatic rings. The summed E-state index contributed by atoms with van der Waals surface area (Å²) in [6.07, 6.45) is 0.0329. The van der Waals surface area contributed by atoms with Crippen molar-refractivity contribution in [2.24, 2.45) is 5.92 Å². The van der Waals surface area contributed by atoms with Crippen molar-refractivity contribution in [2.75, 3.05) is 26.2 Å². The van der Waals surface area contributed by atoms with Gasteiger partial charge < -0.3 is 15.4 Å². The van der Waals surface area contributed by atoms with E-state index in [1.54, 1.807) is 18.2 Å². The predicted molar refractivity (Wildman–Crippen MR) is 127 cm³/mol. The standard InChI is InChI=1S/C22H22Cl2N4O4.ClH/c23-17-6-5-14(9-18(17)24)20-15(11-25-7-8-31-20)12-26-21(29)16-4-2-1-3-13(16)10-19-27-22(30)32-28-19;/h1-6,9,15,20,25H,7-8,10-12H2,(H,26,29)(H,27,28,30);1H/t15-,20-;/m0./s1. The molecule has 0 radical (unpaired) electrons. The first kappa shape index (κ1) is 25.3. The number of rotatable bonds is 6. The van der Waals surface area contributed by atoms with Crippen molar-refractivity contribution in [3.8, 4) is 0 Å². The molecule has 4 rings (SSSR count). The number of carbonyl (C=O) groups is 1. The van der Waals surface area contributed by atoms with Gasteiger partial charge in [0.05, 0.1) is 22.8 Å². The normalized spacial score (nSPS) is 18.2. The Labute approximate surface area is 206 Å². The van der Waals surface area contributed by atoms with Crippen LogP contribution in [0.5, 0.6) is 0 Å². The molecule has 2 heterocycles. The summed E-state index contributed by atoms with van der Waals surface area (Å²) in [5.74, 6) is -0.506. The van der Waals surface area contributed by atoms with Gasteiger partial charge in [-0.2, -0.15) is 0 Å². The van der Waals surface area contributed by atoms with E-state index in [1.165, 1.54) is 0 Å². The van der Waals surface area contributed by atoms with Crippen molar-refractivity contribution in [3.05, 3.63) is 85.6 Å². The molecule has 176 valence electrons. The first-order chi connectivity index (χ1) is 15.5. The largest absolute Gasteiger partial charge is 0.438 e. The number of nitrogens with one attached hydrogen (secondary N) is 3. The van der Waals surface area contributed by atoms with Gasteiger partial charge in [0.2, 0.25) is 0 Å². The van der Waals surface area contributed by atoms with E-state index in [9.17, 15) is 9.59 Å². The monoisotopic (exact) mass is 512 g/mol. The second-order valence-electron chi connectivity index (χ2n) is 7.51. The predicted octanol–water partition coefficient (Wildman–Crippen LogP) is 3.39. The van der Waals surface area contributed by atoms with Crippen LogP contribution >= 0.6 is 35.6 Å². The van der Waals surface area contributed by atoms with Crippen LogP contribution in [0.3, 0.4) is 0 Å². The highest BCUT2D eigenvalue weighted by atomic mass is 35.5. The number of nitrogens with zero attached hydrogens (tertiary/aromatic N) is 1. The number of aromatic amines is 1. The van der Waals surface area contributed by atoms with E-state index >= 15 is 0 Å². The summed E-state index contributed by atoms with van der Waals surface area (Å²) in [7, 11) is 0. The van der Waals surface area contributed by atoms with E-state index in [0.29, 0.717) is 41.1 Å². The Kier molecular flexibility index (Phi) is 8.94. The summed E-state index contributed by atoms with van der Waals surface area (Å²) in [5.41, 5.74) is 2.15. The second-order valence-corrected chi connectivity index (χ2v) is 8.33. The third-order valence-electron chi connectivity index (χ3n) is 5.31. The number of aromatic nitrogens is 2. The molecule has 0 saturated carbocycles. The number of H-pyrrole nitrogens is 1. The zero-order chi connectivity index (χ0) is 22.5. The molecule has 1 aromatic heterocycles. The zero-order valence-electron chi connectivity index (χ0n) is 17.5. The Hall–Kier alpha value is -2.36. The molecular weight excluding hydrogens is 491 g/mol. The lowest BCUT2D eigenvalue weighted by Crippen LogP contribution is -2.36. The van der Waals surface area contributed by atoms with Gasteiger partial charge in [-0.05, 0) is 29.3 Å². The van der Waals surface area contributed by atoms with E-state index in [4.69, 9.17) is 27.9 Å². The van der Waals surface area contributed by atoms with Crippen LogP contribution in [0.1, 0.15) is 33.4 Å². The average molecular weight is 514 g/mol. The third-order valence-corrected chi connectivity index (χ3v) is 6.05. The van der Waals surface area contributed by atoms with Gasteiger partial charge in [0.25, 0.3) is 5.91 Å². The summed E-state index contributed by atoms with van der Waals surface area (Å²) in [5, 5.41) is 11.0. The Morgan fingerprint density at radius 1 is 1.18 bits per heavy atom. The van der Waals surface area contributed by atoms with Gasteiger partial charge in [0.1, 0.15) is 0 Å². The summed E-state index contributed by atoms with van der Waals surface area (Å²) >= 11 is 12.3. The summed E-state index contributed by atoms with van der Waals surface area (Å²) in [4.78, 5) is 26.7. The lowest BCUT2D eigenvalue weighted by Gasteiger charge is -2.26. The molecule has 1 fully saturated rings. The lowest BCUT2D eigenvalue weighted by atomic mass is 9.95. The minimum Gasteiger partial charge on any atom is -0.372 e. The molecule has 0 spiro atoms. The van der Waals surface area contributed by atoms with Gasteiger partial charge in [-0.1, -0.05) is 52.6 Å². The number of ether oxygens (including phenoxy) is 1. The summed E-state index contributed by atoms with van der Waals surface area (Å²) in [6.45, 7) is 2.34. The van der Waals surface area contributed by atoms with Crippen LogP contribution in [0.15, 0.2) is 51.8 Å². The van der Waals surface area contributed by atoms with Crippen molar-refractivity contribution in [3.63, 3.8) is 0 Å². The van der Waals surface area contributed by atoms with Crippen LogP contribution in [0.2, 0.25) is 10.0 Å². The van der Waals surface area contributed by atoms with Crippen molar-refractivity contribution < 1.29 is 14.1 Å². The SMILES string of the molecule is Cl.O=C(NC[C@@H]1CNCCO[C@H]1c1ccc(Cl)c(Cl)c1)c1ccccc1Cc1noc(=O)[nH]1. The average Bonchev–Trinajstić information content (AvgIpc) is 3.05. The summed E-state index contributed by atoms with van der Waals surface area (Å²) in [6, 6.07) is 12.6. The maximum Gasteiger partial charge on any atom is 0.438 e. The van der Waals surface area contributed by atoms with Crippen LogP contribution in [0, 0.1) is 5.92 Å². The molecule has 1 aliphatic heterocycles. The van der Waals surface area contributed by atoms with Crippen LogP contribution in [0.4, 0.5) is 0 Å². The van der Waals surface area contributed by atoms with E-state index in [2.05, 4.69) is 25.3 Å². The third kappa shape index (κ3) is 6.37. The molecule has 2 atom stereocenters. The Balaban J connectivity index is 0.00000306. The molecule has 3 N–H and O–H groups in total. The van der Waals surface area contributed by atoms with E-state index in [-0.39, 0.29) is 36.8 Å². The molecule has 2 aromatic carbocycles. The number of hydrogen-bond acceptors (Lipinski definition) is 6. The molecule has 8 nitrogen and oxygen atoms in total. The maximum atomic E-state index is 13.0. The molecule has 0 unspecified atom stereocenters. The second kappa shape index (κ2) is 11.7. The Morgan fingerprint density at radius 3 is 2.76 bits per heavy atom. The van der Waals surface area contributed by atoms with Crippen LogP contribution in [0.25, 0.3) is 0 Å². The van der Waals surface area contributed by atoms with Crippen molar-refractivity contribution in [1.29, 1.82) is 0 Å². The van der Waals surface area contributed by atoms with E-state index in [1.807, 2.05) is 24.3 Å². The number of hydrogen-bond donors (Lipinski definition) is 3. The highest BCUT2D eigenvalue weighted by molar-refractivity contribution is 6.42. The molecule has 1 amide bonds. The highest BCUT2D eigenvalue weighted by Crippen LogP contribution is 2.32. The smallest absolute Gasteiger partial charge is 0.372 e. The molecule has 1 aliphatic rings. The Morgan fingerprint density at radius 2 is 2.00 bits per heavy atom. The highest BCUT2D eigenvalue weighted by Gasteiger charge is 2.27. The summed E-state index contributed by atoms with van der Waals surface area (Å²) < 4.78 is 10.6. The van der Waals surface area contributed by atoms with Crippen LogP contribution in [-0.2, 0) is 11.2 Å². The molecule has 0 bridgehead atoms. The molecule has 1 saturated heterocycles. The van der Waals surface area contributed by atoms with Gasteiger partial charge in [-0.3, -0.25) is 14.3 Å². The Bertz CT molecular complexity index is 1150. The van der Waals surface area contributed by atoms with Gasteiger partial charge in [0, 0.05) is 37.5 Å². The van der Waals surface area contributed by atoms with Gasteiger partial charge in [-0.25, -0.2) is 4.79 Å². The number of carbonyl (C=O) groups excluding carboxylic acids is 1. The van der Waals surface area contributed by atoms with Crippen LogP contribution < -0.4 is 16.4 Å². The molecule has 33 heavy (non-hydrogen) atoms. The minimum absolute atomic E-state index is 0. The maximum absolute atomic E-state index is 13.0. The van der Waals surface area contributed by atoms with Gasteiger partial charge >= 0.3 is 5.76 Å². The quantitative estimate of drug-likeness (QED) is 0.466. The number of benzene rings is 2. The van der Waals surface area contributed by atoms with E-state index < -0.39 is 5.76 Å². The first-order valence-electron chi connectivity index (χ1n) is 10.2. The van der Waals surface area contributed by atoms with Crippen molar-refractivity contribution >= 4 is 41.5 Å². The van der Waals surface area contributed by atoms with Crippen molar-refractivity contribution in [1.82, 2.24) is 20.8 Å². The first-order valence-corrected chi connectivity index (χ1v) is 10.9. The van der Waals surface area contributed by atoms with E-state index in [0.717, 1.165) is 17.7 Å². The fourth-order valence-electron chi connectivity index (χ4n) is 3.76. The molecular formula is C22H23Cl3N4O4. The molecule has 11 heteroatoms. The number of amides is 1.